The van der Waals surface area contributed by atoms with Gasteiger partial charge in [0, 0.05) is 17.1 Å². The Bertz CT molecular complexity index is 664. The number of halogens is 2. The quantitative estimate of drug-likeness (QED) is 0.888. The molecule has 0 bridgehead atoms. The molecule has 2 aromatic carbocycles. The van der Waals surface area contributed by atoms with E-state index in [1.165, 1.54) is 25.3 Å². The zero-order chi connectivity index (χ0) is 15.9. The van der Waals surface area contributed by atoms with Crippen LogP contribution in [-0.2, 0) is 11.3 Å². The van der Waals surface area contributed by atoms with E-state index in [-0.39, 0.29) is 19.1 Å². The number of amides is 1. The molecule has 0 aliphatic heterocycles. The zero-order valence-electron chi connectivity index (χ0n) is 11.9. The molecule has 2 aromatic rings. The summed E-state index contributed by atoms with van der Waals surface area (Å²) in [6.07, 6.45) is 0. The molecule has 0 saturated carbocycles. The molecule has 22 heavy (non-hydrogen) atoms. The molecule has 0 aromatic heterocycles. The van der Waals surface area contributed by atoms with Crippen molar-refractivity contribution in [2.75, 3.05) is 13.7 Å². The molecule has 0 atom stereocenters. The van der Waals surface area contributed by atoms with Crippen molar-refractivity contribution in [3.63, 3.8) is 0 Å². The van der Waals surface area contributed by atoms with E-state index in [0.29, 0.717) is 22.1 Å². The molecule has 6 heteroatoms. The van der Waals surface area contributed by atoms with Crippen LogP contribution in [0.25, 0.3) is 0 Å². The van der Waals surface area contributed by atoms with Crippen molar-refractivity contribution in [1.82, 2.24) is 5.32 Å². The van der Waals surface area contributed by atoms with Crippen LogP contribution in [0, 0.1) is 5.82 Å². The minimum absolute atomic E-state index is 0.0422. The molecular weight excluding hydrogens is 309 g/mol. The average Bonchev–Trinajstić information content (AvgIpc) is 2.54. The summed E-state index contributed by atoms with van der Waals surface area (Å²) in [5.41, 5.74) is 0.318. The van der Waals surface area contributed by atoms with Crippen LogP contribution < -0.4 is 14.8 Å². The molecule has 0 saturated heterocycles. The fourth-order valence-electron chi connectivity index (χ4n) is 1.80. The van der Waals surface area contributed by atoms with Gasteiger partial charge in [0.2, 0.25) is 0 Å². The summed E-state index contributed by atoms with van der Waals surface area (Å²) >= 11 is 5.79. The number of methoxy groups -OCH3 is 1. The monoisotopic (exact) mass is 323 g/mol. The number of carbonyl (C=O) groups excluding carboxylic acids is 1. The number of hydrogen-bond acceptors (Lipinski definition) is 3. The van der Waals surface area contributed by atoms with Crippen molar-refractivity contribution in [1.29, 1.82) is 0 Å². The summed E-state index contributed by atoms with van der Waals surface area (Å²) in [4.78, 5) is 11.8. The predicted octanol–water partition coefficient (Wildman–Crippen LogP) is 3.18. The fourth-order valence-corrected chi connectivity index (χ4v) is 2.00. The summed E-state index contributed by atoms with van der Waals surface area (Å²) in [7, 11) is 1.52. The number of carbonyl (C=O) groups is 1. The van der Waals surface area contributed by atoms with E-state index in [1.807, 2.05) is 0 Å². The summed E-state index contributed by atoms with van der Waals surface area (Å²) in [6, 6.07) is 11.2. The number of hydrogen-bond donors (Lipinski definition) is 1. The van der Waals surface area contributed by atoms with Crippen molar-refractivity contribution >= 4 is 17.5 Å². The third-order valence-corrected chi connectivity index (χ3v) is 3.15. The van der Waals surface area contributed by atoms with Gasteiger partial charge in [0.25, 0.3) is 5.91 Å². The second kappa shape index (κ2) is 7.66. The van der Waals surface area contributed by atoms with E-state index in [0.717, 1.165) is 0 Å². The second-order valence-corrected chi connectivity index (χ2v) is 4.89. The molecule has 0 aliphatic rings. The Balaban J connectivity index is 1.87. The molecule has 2 rings (SSSR count). The lowest BCUT2D eigenvalue weighted by Crippen LogP contribution is -2.28. The minimum Gasteiger partial charge on any atom is -0.493 e. The van der Waals surface area contributed by atoms with Crippen molar-refractivity contribution in [2.24, 2.45) is 0 Å². The first-order valence-electron chi connectivity index (χ1n) is 6.56. The highest BCUT2D eigenvalue weighted by Gasteiger charge is 2.08. The SMILES string of the molecule is COc1ccccc1OCC(=O)NCc1cc(Cl)ccc1F. The number of para-hydroxylation sites is 2. The van der Waals surface area contributed by atoms with Crippen molar-refractivity contribution < 1.29 is 18.7 Å². The van der Waals surface area contributed by atoms with Crippen molar-refractivity contribution in [3.05, 3.63) is 58.9 Å². The van der Waals surface area contributed by atoms with Gasteiger partial charge in [-0.25, -0.2) is 4.39 Å². The Hall–Kier alpha value is -2.27. The Morgan fingerprint density at radius 3 is 2.68 bits per heavy atom. The van der Waals surface area contributed by atoms with Gasteiger partial charge < -0.3 is 14.8 Å². The van der Waals surface area contributed by atoms with Crippen LogP contribution in [0.3, 0.4) is 0 Å². The largest absolute Gasteiger partial charge is 0.493 e. The lowest BCUT2D eigenvalue weighted by atomic mass is 10.2. The maximum absolute atomic E-state index is 13.5. The lowest BCUT2D eigenvalue weighted by Gasteiger charge is -2.11. The predicted molar refractivity (Wildman–Crippen MR) is 81.7 cm³/mol. The van der Waals surface area contributed by atoms with E-state index in [2.05, 4.69) is 5.32 Å². The number of benzene rings is 2. The number of ether oxygens (including phenoxy) is 2. The number of nitrogens with one attached hydrogen (secondary N) is 1. The third kappa shape index (κ3) is 4.36. The molecule has 1 N–H and O–H groups in total. The van der Waals surface area contributed by atoms with Crippen LogP contribution in [0.1, 0.15) is 5.56 Å². The average molecular weight is 324 g/mol. The van der Waals surface area contributed by atoms with Crippen LogP contribution >= 0.6 is 11.6 Å². The Morgan fingerprint density at radius 2 is 1.95 bits per heavy atom. The first kappa shape index (κ1) is 16.1. The van der Waals surface area contributed by atoms with Gasteiger partial charge in [0.15, 0.2) is 18.1 Å². The maximum Gasteiger partial charge on any atom is 0.258 e. The van der Waals surface area contributed by atoms with Gasteiger partial charge in [0.05, 0.1) is 7.11 Å². The van der Waals surface area contributed by atoms with Crippen LogP contribution in [0.4, 0.5) is 4.39 Å². The summed E-state index contributed by atoms with van der Waals surface area (Å²) in [5, 5.41) is 2.98. The Morgan fingerprint density at radius 1 is 1.23 bits per heavy atom. The van der Waals surface area contributed by atoms with Gasteiger partial charge >= 0.3 is 0 Å². The normalized spacial score (nSPS) is 10.1. The van der Waals surface area contributed by atoms with Gasteiger partial charge in [-0.1, -0.05) is 23.7 Å². The summed E-state index contributed by atoms with van der Waals surface area (Å²) in [6.45, 7) is -0.150. The highest BCUT2D eigenvalue weighted by molar-refractivity contribution is 6.30. The molecule has 0 fully saturated rings. The van der Waals surface area contributed by atoms with E-state index in [4.69, 9.17) is 21.1 Å². The summed E-state index contributed by atoms with van der Waals surface area (Å²) in [5.74, 6) is 0.214. The molecule has 1 amide bonds. The molecule has 0 unspecified atom stereocenters. The minimum atomic E-state index is -0.421. The first-order valence-corrected chi connectivity index (χ1v) is 6.94. The maximum atomic E-state index is 13.5. The topological polar surface area (TPSA) is 47.6 Å². The number of rotatable bonds is 6. The van der Waals surface area contributed by atoms with E-state index < -0.39 is 5.82 Å². The molecule has 0 aliphatic carbocycles. The van der Waals surface area contributed by atoms with E-state index in [9.17, 15) is 9.18 Å². The fraction of sp³-hybridized carbons (Fsp3) is 0.188. The van der Waals surface area contributed by atoms with Gasteiger partial charge in [-0.05, 0) is 30.3 Å². The molecular formula is C16H15ClFNO3. The van der Waals surface area contributed by atoms with E-state index in [1.54, 1.807) is 24.3 Å². The highest BCUT2D eigenvalue weighted by Crippen LogP contribution is 2.25. The standard InChI is InChI=1S/C16H15ClFNO3/c1-21-14-4-2-3-5-15(14)22-10-16(20)19-9-11-8-12(17)6-7-13(11)18/h2-8H,9-10H2,1H3,(H,19,20). The van der Waals surface area contributed by atoms with Gasteiger partial charge in [-0.15, -0.1) is 0 Å². The Kier molecular flexibility index (Phi) is 5.61. The van der Waals surface area contributed by atoms with Gasteiger partial charge in [0.1, 0.15) is 5.82 Å². The van der Waals surface area contributed by atoms with Crippen LogP contribution in [0.5, 0.6) is 11.5 Å². The lowest BCUT2D eigenvalue weighted by molar-refractivity contribution is -0.123. The van der Waals surface area contributed by atoms with Crippen LogP contribution in [0.15, 0.2) is 42.5 Å². The molecule has 0 radical (unpaired) electrons. The molecule has 4 nitrogen and oxygen atoms in total. The van der Waals surface area contributed by atoms with E-state index >= 15 is 0 Å². The van der Waals surface area contributed by atoms with Crippen molar-refractivity contribution in [3.8, 4) is 11.5 Å². The summed E-state index contributed by atoms with van der Waals surface area (Å²) < 4.78 is 24.0. The van der Waals surface area contributed by atoms with Crippen LogP contribution in [0.2, 0.25) is 5.02 Å². The van der Waals surface area contributed by atoms with Crippen molar-refractivity contribution in [2.45, 2.75) is 6.54 Å². The second-order valence-electron chi connectivity index (χ2n) is 4.45. The van der Waals surface area contributed by atoms with Gasteiger partial charge in [-0.2, -0.15) is 0 Å². The Labute approximate surface area is 132 Å². The molecule has 0 spiro atoms. The smallest absolute Gasteiger partial charge is 0.258 e. The van der Waals surface area contributed by atoms with Gasteiger partial charge in [-0.3, -0.25) is 4.79 Å². The first-order chi connectivity index (χ1) is 10.6. The molecule has 0 heterocycles. The highest BCUT2D eigenvalue weighted by atomic mass is 35.5. The molecule has 116 valence electrons. The zero-order valence-corrected chi connectivity index (χ0v) is 12.7. The third-order valence-electron chi connectivity index (χ3n) is 2.91. The van der Waals surface area contributed by atoms with Crippen LogP contribution in [-0.4, -0.2) is 19.6 Å².